The summed E-state index contributed by atoms with van der Waals surface area (Å²) in [5, 5.41) is 3.87. The van der Waals surface area contributed by atoms with Gasteiger partial charge in [-0.1, -0.05) is 47.7 Å². The van der Waals surface area contributed by atoms with Crippen LogP contribution in [-0.4, -0.2) is 22.6 Å². The number of hydrogen-bond acceptors (Lipinski definition) is 2. The minimum absolute atomic E-state index is 0.177. The van der Waals surface area contributed by atoms with Crippen LogP contribution in [0.15, 0.2) is 48.5 Å². The molecule has 1 aliphatic heterocycles. The molecule has 4 rings (SSSR count). The van der Waals surface area contributed by atoms with Gasteiger partial charge in [-0.05, 0) is 44.0 Å². The quantitative estimate of drug-likeness (QED) is 0.597. The smallest absolute Gasteiger partial charge is 0.142 e. The molecule has 142 valence electrons. The van der Waals surface area contributed by atoms with E-state index in [2.05, 4.69) is 27.1 Å². The fraction of sp³-hybridized carbons (Fsp3) is 0.261. The first kappa shape index (κ1) is 18.7. The van der Waals surface area contributed by atoms with Crippen molar-refractivity contribution in [3.8, 4) is 23.2 Å². The molecule has 2 unspecified atom stereocenters. The van der Waals surface area contributed by atoms with Gasteiger partial charge in [0, 0.05) is 23.7 Å². The zero-order valence-corrected chi connectivity index (χ0v) is 16.4. The summed E-state index contributed by atoms with van der Waals surface area (Å²) in [4.78, 5) is 7.89. The minimum Gasteiger partial charge on any atom is -0.342 e. The number of rotatable bonds is 2. The fourth-order valence-corrected chi connectivity index (χ4v) is 3.87. The summed E-state index contributed by atoms with van der Waals surface area (Å²) in [5.41, 5.74) is 3.28. The molecule has 5 heteroatoms. The summed E-state index contributed by atoms with van der Waals surface area (Å²) in [6.07, 6.45) is 1.93. The molecule has 0 spiro atoms. The Morgan fingerprint density at radius 3 is 2.64 bits per heavy atom. The van der Waals surface area contributed by atoms with Crippen LogP contribution in [0, 0.1) is 24.6 Å². The highest BCUT2D eigenvalue weighted by atomic mass is 35.5. The van der Waals surface area contributed by atoms with E-state index < -0.39 is 0 Å². The van der Waals surface area contributed by atoms with E-state index in [4.69, 9.17) is 11.6 Å². The summed E-state index contributed by atoms with van der Waals surface area (Å²) < 4.78 is 14.2. The van der Waals surface area contributed by atoms with E-state index in [1.54, 1.807) is 12.1 Å². The Labute approximate surface area is 169 Å². The van der Waals surface area contributed by atoms with Crippen LogP contribution in [-0.2, 0) is 0 Å². The molecule has 2 N–H and O–H groups in total. The van der Waals surface area contributed by atoms with E-state index in [1.165, 1.54) is 6.07 Å². The number of piperidine rings is 1. The molecule has 3 aromatic rings. The number of aromatic amines is 1. The average Bonchev–Trinajstić information content (AvgIpc) is 3.08. The van der Waals surface area contributed by atoms with Gasteiger partial charge in [0.1, 0.15) is 11.6 Å². The van der Waals surface area contributed by atoms with Crippen molar-refractivity contribution < 1.29 is 4.39 Å². The molecule has 2 heterocycles. The van der Waals surface area contributed by atoms with Gasteiger partial charge in [-0.15, -0.1) is 0 Å². The molecule has 3 nitrogen and oxygen atoms in total. The molecule has 2 atom stereocenters. The number of benzene rings is 2. The molecule has 2 aromatic carbocycles. The summed E-state index contributed by atoms with van der Waals surface area (Å²) in [6.45, 7) is 2.77. The Morgan fingerprint density at radius 1 is 1.11 bits per heavy atom. The highest BCUT2D eigenvalue weighted by Gasteiger charge is 2.25. The summed E-state index contributed by atoms with van der Waals surface area (Å²) in [6, 6.07) is 14.9. The van der Waals surface area contributed by atoms with E-state index in [0.717, 1.165) is 36.3 Å². The van der Waals surface area contributed by atoms with Crippen molar-refractivity contribution in [2.45, 2.75) is 31.7 Å². The van der Waals surface area contributed by atoms with Crippen molar-refractivity contribution in [2.75, 3.05) is 6.54 Å². The monoisotopic (exact) mass is 393 g/mol. The van der Waals surface area contributed by atoms with Gasteiger partial charge >= 0.3 is 0 Å². The predicted octanol–water partition coefficient (Wildman–Crippen LogP) is 5.06. The van der Waals surface area contributed by atoms with Crippen molar-refractivity contribution in [1.29, 1.82) is 0 Å². The number of imidazole rings is 1. The second-order valence-electron chi connectivity index (χ2n) is 7.06. The van der Waals surface area contributed by atoms with Crippen molar-refractivity contribution in [1.82, 2.24) is 15.3 Å². The van der Waals surface area contributed by atoms with Crippen LogP contribution in [0.4, 0.5) is 4.39 Å². The van der Waals surface area contributed by atoms with E-state index in [0.29, 0.717) is 16.4 Å². The van der Waals surface area contributed by atoms with Crippen LogP contribution >= 0.6 is 11.6 Å². The summed E-state index contributed by atoms with van der Waals surface area (Å²) in [7, 11) is 0. The first-order valence-corrected chi connectivity index (χ1v) is 9.80. The molecule has 0 aliphatic carbocycles. The van der Waals surface area contributed by atoms with Crippen LogP contribution in [0.25, 0.3) is 11.4 Å². The van der Waals surface area contributed by atoms with Gasteiger partial charge in [0.2, 0.25) is 0 Å². The van der Waals surface area contributed by atoms with E-state index >= 15 is 0 Å². The topological polar surface area (TPSA) is 40.7 Å². The number of aryl methyl sites for hydroxylation is 1. The third-order valence-electron chi connectivity index (χ3n) is 5.09. The fourth-order valence-electron chi connectivity index (χ4n) is 3.62. The Morgan fingerprint density at radius 2 is 1.93 bits per heavy atom. The lowest BCUT2D eigenvalue weighted by molar-refractivity contribution is 0.411. The van der Waals surface area contributed by atoms with Crippen molar-refractivity contribution in [3.05, 3.63) is 76.3 Å². The molecule has 0 bridgehead atoms. The average molecular weight is 394 g/mol. The standard InChI is InChI=1S/C23H21ClFN3/c1-15-22(28-23(27-15)21-19(24)8-5-9-20(21)25)17-11-13-18(26-14-17)12-10-16-6-3-2-4-7-16/h2-9,17-18,26H,11,13-14H2,1H3,(H,27,28). The van der Waals surface area contributed by atoms with Gasteiger partial charge in [-0.3, -0.25) is 0 Å². The zero-order valence-electron chi connectivity index (χ0n) is 15.6. The molecule has 0 saturated carbocycles. The Kier molecular flexibility index (Phi) is 5.47. The minimum atomic E-state index is -0.370. The number of aromatic nitrogens is 2. The maximum atomic E-state index is 14.2. The van der Waals surface area contributed by atoms with E-state index in [1.807, 2.05) is 37.3 Å². The number of H-pyrrole nitrogens is 1. The summed E-state index contributed by atoms with van der Waals surface area (Å²) in [5.74, 6) is 6.93. The Hall–Kier alpha value is -2.61. The lowest BCUT2D eigenvalue weighted by atomic mass is 9.91. The van der Waals surface area contributed by atoms with Gasteiger partial charge < -0.3 is 10.3 Å². The summed E-state index contributed by atoms with van der Waals surface area (Å²) >= 11 is 6.19. The Bertz CT molecular complexity index is 1000. The van der Waals surface area contributed by atoms with Gasteiger partial charge in [-0.25, -0.2) is 9.37 Å². The number of halogens is 2. The highest BCUT2D eigenvalue weighted by molar-refractivity contribution is 6.33. The van der Waals surface area contributed by atoms with E-state index in [-0.39, 0.29) is 17.8 Å². The zero-order chi connectivity index (χ0) is 19.5. The number of nitrogens with zero attached hydrogens (tertiary/aromatic N) is 1. The molecule has 0 amide bonds. The van der Waals surface area contributed by atoms with Crippen molar-refractivity contribution in [2.24, 2.45) is 0 Å². The molecule has 1 fully saturated rings. The molecule has 0 radical (unpaired) electrons. The van der Waals surface area contributed by atoms with Crippen LogP contribution < -0.4 is 5.32 Å². The van der Waals surface area contributed by atoms with Crippen molar-refractivity contribution in [3.63, 3.8) is 0 Å². The number of hydrogen-bond donors (Lipinski definition) is 2. The third kappa shape index (κ3) is 3.96. The maximum Gasteiger partial charge on any atom is 0.142 e. The maximum absolute atomic E-state index is 14.2. The molecular formula is C23H21ClFN3. The van der Waals surface area contributed by atoms with Crippen LogP contribution in [0.5, 0.6) is 0 Å². The van der Waals surface area contributed by atoms with Gasteiger partial charge in [0.25, 0.3) is 0 Å². The van der Waals surface area contributed by atoms with Gasteiger partial charge in [0.15, 0.2) is 0 Å². The predicted molar refractivity (Wildman–Crippen MR) is 111 cm³/mol. The molecule has 28 heavy (non-hydrogen) atoms. The SMILES string of the molecule is Cc1[nH]c(-c2c(F)cccc2Cl)nc1C1CCC(C#Cc2ccccc2)NC1. The van der Waals surface area contributed by atoms with Crippen LogP contribution in [0.3, 0.4) is 0 Å². The second-order valence-corrected chi connectivity index (χ2v) is 7.47. The molecule has 1 saturated heterocycles. The first-order valence-electron chi connectivity index (χ1n) is 9.42. The third-order valence-corrected chi connectivity index (χ3v) is 5.40. The highest BCUT2D eigenvalue weighted by Crippen LogP contribution is 2.32. The molecule has 1 aliphatic rings. The lowest BCUT2D eigenvalue weighted by Gasteiger charge is -2.26. The largest absolute Gasteiger partial charge is 0.342 e. The van der Waals surface area contributed by atoms with Crippen molar-refractivity contribution >= 4 is 11.6 Å². The van der Waals surface area contributed by atoms with Crippen LogP contribution in [0.2, 0.25) is 5.02 Å². The first-order chi connectivity index (χ1) is 13.6. The molecule has 1 aromatic heterocycles. The van der Waals surface area contributed by atoms with Gasteiger partial charge in [0.05, 0.1) is 22.3 Å². The van der Waals surface area contributed by atoms with Gasteiger partial charge in [-0.2, -0.15) is 0 Å². The normalized spacial score (nSPS) is 19.1. The van der Waals surface area contributed by atoms with Crippen LogP contribution in [0.1, 0.15) is 35.7 Å². The molecular weight excluding hydrogens is 373 g/mol. The second kappa shape index (κ2) is 8.18. The number of nitrogens with one attached hydrogen (secondary N) is 2. The van der Waals surface area contributed by atoms with E-state index in [9.17, 15) is 4.39 Å². The Balaban J connectivity index is 1.47. The lowest BCUT2D eigenvalue weighted by Crippen LogP contribution is -2.37.